The molecule has 0 saturated heterocycles. The summed E-state index contributed by atoms with van der Waals surface area (Å²) < 4.78 is 27.2. The summed E-state index contributed by atoms with van der Waals surface area (Å²) in [6.07, 6.45) is 2.17. The maximum Gasteiger partial charge on any atom is 0.328 e. The number of hydrogen-bond acceptors (Lipinski definition) is 8. The van der Waals surface area contributed by atoms with Gasteiger partial charge in [-0.05, 0) is 47.0 Å². The van der Waals surface area contributed by atoms with Gasteiger partial charge in [0.15, 0.2) is 23.0 Å². The monoisotopic (exact) mass is 561 g/mol. The van der Waals surface area contributed by atoms with Crippen molar-refractivity contribution in [1.82, 2.24) is 5.32 Å². The van der Waals surface area contributed by atoms with Gasteiger partial charge in [-0.25, -0.2) is 4.79 Å². The van der Waals surface area contributed by atoms with Crippen molar-refractivity contribution in [2.24, 2.45) is 0 Å². The van der Waals surface area contributed by atoms with E-state index in [1.807, 2.05) is 30.3 Å². The van der Waals surface area contributed by atoms with Crippen LogP contribution in [0.5, 0.6) is 23.0 Å². The van der Waals surface area contributed by atoms with Gasteiger partial charge in [-0.3, -0.25) is 9.59 Å². The molecule has 0 bridgehead atoms. The van der Waals surface area contributed by atoms with E-state index in [0.717, 1.165) is 5.56 Å². The Morgan fingerprint density at radius 2 is 1.63 bits per heavy atom. The first-order chi connectivity index (χ1) is 19.8. The lowest BCUT2D eigenvalue weighted by Gasteiger charge is -2.18. The Balaban J connectivity index is 1.59. The van der Waals surface area contributed by atoms with Crippen molar-refractivity contribution in [1.29, 1.82) is 0 Å². The number of fused-ring (bicyclic) bond motifs is 1. The van der Waals surface area contributed by atoms with E-state index in [0.29, 0.717) is 39.7 Å². The minimum Gasteiger partial charge on any atom is -0.493 e. The number of ether oxygens (including phenoxy) is 5. The van der Waals surface area contributed by atoms with Crippen molar-refractivity contribution in [3.8, 4) is 23.0 Å². The molecular weight excluding hydrogens is 530 g/mol. The number of carboxylic acid groups (broad SMARTS) is 1. The Labute approximate surface area is 237 Å². The standard InChI is InChI=1S/C31H31NO9/c1-37-23-12-11-20(17-24(23)38-2)28-27(30(34)35)21-14-19(16-25(39-3)29(21)41-28)10-13-26(33)32-22(31(36)40-4)15-18-8-6-5-7-9-18/h5-14,16-17,22,27-28H,15H2,1-4H3,(H,32,33)(H,34,35)/b13-10+. The molecular formula is C31H31NO9. The van der Waals surface area contributed by atoms with Crippen molar-refractivity contribution in [3.05, 3.63) is 89.0 Å². The molecule has 0 radical (unpaired) electrons. The number of hydrogen-bond donors (Lipinski definition) is 2. The molecule has 1 aliphatic rings. The molecule has 1 heterocycles. The first-order valence-corrected chi connectivity index (χ1v) is 12.7. The van der Waals surface area contributed by atoms with Crippen LogP contribution in [0.4, 0.5) is 0 Å². The predicted octanol–water partition coefficient (Wildman–Crippen LogP) is 3.93. The maximum atomic E-state index is 12.8. The van der Waals surface area contributed by atoms with Gasteiger partial charge in [0.05, 0.1) is 28.4 Å². The highest BCUT2D eigenvalue weighted by Crippen LogP contribution is 2.51. The second kappa shape index (κ2) is 12.9. The Morgan fingerprint density at radius 1 is 0.927 bits per heavy atom. The molecule has 3 unspecified atom stereocenters. The molecule has 0 saturated carbocycles. The first kappa shape index (κ1) is 29.0. The topological polar surface area (TPSA) is 130 Å². The van der Waals surface area contributed by atoms with Gasteiger partial charge in [-0.15, -0.1) is 0 Å². The lowest BCUT2D eigenvalue weighted by atomic mass is 9.90. The number of amides is 1. The fraction of sp³-hybridized carbons (Fsp3) is 0.258. The summed E-state index contributed by atoms with van der Waals surface area (Å²) in [6, 6.07) is 16.7. The van der Waals surface area contributed by atoms with Gasteiger partial charge in [-0.1, -0.05) is 36.4 Å². The van der Waals surface area contributed by atoms with Crippen LogP contribution in [0.1, 0.15) is 34.3 Å². The van der Waals surface area contributed by atoms with Gasteiger partial charge in [0.25, 0.3) is 0 Å². The van der Waals surface area contributed by atoms with E-state index in [-0.39, 0.29) is 6.42 Å². The second-order valence-electron chi connectivity index (χ2n) is 9.22. The molecule has 1 amide bonds. The van der Waals surface area contributed by atoms with Gasteiger partial charge in [0, 0.05) is 18.1 Å². The number of aliphatic carboxylic acids is 1. The number of rotatable bonds is 11. The largest absolute Gasteiger partial charge is 0.493 e. The summed E-state index contributed by atoms with van der Waals surface area (Å²) >= 11 is 0. The van der Waals surface area contributed by atoms with Crippen LogP contribution >= 0.6 is 0 Å². The SMILES string of the molecule is COC(=O)C(Cc1ccccc1)NC(=O)/C=C/c1cc(OC)c2c(c1)C(C(=O)O)C(c1ccc(OC)c(OC)c1)O2. The van der Waals surface area contributed by atoms with Gasteiger partial charge < -0.3 is 34.1 Å². The third-order valence-electron chi connectivity index (χ3n) is 6.72. The minimum atomic E-state index is -1.09. The van der Waals surface area contributed by atoms with E-state index < -0.39 is 35.9 Å². The van der Waals surface area contributed by atoms with Gasteiger partial charge in [0.1, 0.15) is 18.1 Å². The van der Waals surface area contributed by atoms with E-state index in [4.69, 9.17) is 23.7 Å². The molecule has 0 fully saturated rings. The quantitative estimate of drug-likeness (QED) is 0.264. The average Bonchev–Trinajstić information content (AvgIpc) is 3.39. The summed E-state index contributed by atoms with van der Waals surface area (Å²) in [5, 5.41) is 12.9. The fourth-order valence-electron chi connectivity index (χ4n) is 4.74. The van der Waals surface area contributed by atoms with Gasteiger partial charge in [-0.2, -0.15) is 0 Å². The molecule has 1 aliphatic heterocycles. The fourth-order valence-corrected chi connectivity index (χ4v) is 4.74. The number of nitrogens with one attached hydrogen (secondary N) is 1. The molecule has 10 heteroatoms. The molecule has 3 aromatic rings. The van der Waals surface area contributed by atoms with Crippen LogP contribution in [0.3, 0.4) is 0 Å². The van der Waals surface area contributed by atoms with Crippen molar-refractivity contribution in [2.75, 3.05) is 28.4 Å². The van der Waals surface area contributed by atoms with Crippen molar-refractivity contribution >= 4 is 23.9 Å². The number of esters is 1. The number of methoxy groups -OCH3 is 4. The second-order valence-corrected chi connectivity index (χ2v) is 9.22. The van der Waals surface area contributed by atoms with Crippen LogP contribution in [0, 0.1) is 0 Å². The van der Waals surface area contributed by atoms with Crippen LogP contribution in [0.2, 0.25) is 0 Å². The average molecular weight is 562 g/mol. The highest BCUT2D eigenvalue weighted by Gasteiger charge is 2.43. The lowest BCUT2D eigenvalue weighted by molar-refractivity contribution is -0.144. The predicted molar refractivity (Wildman–Crippen MR) is 149 cm³/mol. The van der Waals surface area contributed by atoms with Gasteiger partial charge in [0.2, 0.25) is 5.91 Å². The van der Waals surface area contributed by atoms with Crippen LogP contribution in [-0.4, -0.2) is 57.4 Å². The van der Waals surface area contributed by atoms with Crippen molar-refractivity contribution < 1.29 is 43.2 Å². The summed E-state index contributed by atoms with van der Waals surface area (Å²) in [4.78, 5) is 37.5. The number of benzene rings is 3. The third kappa shape index (κ3) is 6.43. The van der Waals surface area contributed by atoms with Gasteiger partial charge >= 0.3 is 11.9 Å². The van der Waals surface area contributed by atoms with E-state index in [9.17, 15) is 19.5 Å². The van der Waals surface area contributed by atoms with E-state index in [1.165, 1.54) is 40.6 Å². The number of carbonyl (C=O) groups is 3. The van der Waals surface area contributed by atoms with Crippen molar-refractivity contribution in [2.45, 2.75) is 24.5 Å². The van der Waals surface area contributed by atoms with E-state index in [1.54, 1.807) is 30.3 Å². The van der Waals surface area contributed by atoms with Crippen molar-refractivity contribution in [3.63, 3.8) is 0 Å². The number of carbonyl (C=O) groups excluding carboxylic acids is 2. The molecule has 10 nitrogen and oxygen atoms in total. The molecule has 0 aliphatic carbocycles. The van der Waals surface area contributed by atoms with Crippen LogP contribution in [0.15, 0.2) is 66.7 Å². The molecule has 2 N–H and O–H groups in total. The normalized spacial score (nSPS) is 16.3. The molecule has 0 spiro atoms. The smallest absolute Gasteiger partial charge is 0.328 e. The molecule has 41 heavy (non-hydrogen) atoms. The third-order valence-corrected chi connectivity index (χ3v) is 6.72. The molecule has 3 atom stereocenters. The first-order valence-electron chi connectivity index (χ1n) is 12.7. The number of carboxylic acids is 1. The Hall–Kier alpha value is -4.99. The zero-order valence-electron chi connectivity index (χ0n) is 23.1. The minimum absolute atomic E-state index is 0.259. The molecule has 214 valence electrons. The van der Waals surface area contributed by atoms with Crippen LogP contribution < -0.4 is 24.3 Å². The Kier molecular flexibility index (Phi) is 9.13. The maximum absolute atomic E-state index is 12.8. The highest BCUT2D eigenvalue weighted by atomic mass is 16.5. The summed E-state index contributed by atoms with van der Waals surface area (Å²) in [6.45, 7) is 0. The van der Waals surface area contributed by atoms with E-state index in [2.05, 4.69) is 5.32 Å². The highest BCUT2D eigenvalue weighted by molar-refractivity contribution is 5.95. The Morgan fingerprint density at radius 3 is 2.27 bits per heavy atom. The molecule has 4 rings (SSSR count). The summed E-state index contributed by atoms with van der Waals surface area (Å²) in [7, 11) is 5.71. The lowest BCUT2D eigenvalue weighted by Crippen LogP contribution is -2.42. The van der Waals surface area contributed by atoms with Crippen LogP contribution in [0.25, 0.3) is 6.08 Å². The van der Waals surface area contributed by atoms with E-state index >= 15 is 0 Å². The zero-order chi connectivity index (χ0) is 29.5. The molecule has 3 aromatic carbocycles. The van der Waals surface area contributed by atoms with Crippen LogP contribution in [-0.2, 0) is 25.5 Å². The summed E-state index contributed by atoms with van der Waals surface area (Å²) in [5.74, 6) is -1.70. The zero-order valence-corrected chi connectivity index (χ0v) is 23.1. The summed E-state index contributed by atoms with van der Waals surface area (Å²) in [5.41, 5.74) is 2.35. The Bertz CT molecular complexity index is 1450. The molecule has 0 aromatic heterocycles.